The molecule has 0 aromatic rings. The Balaban J connectivity index is 4.31. The van der Waals surface area contributed by atoms with E-state index >= 15 is 0 Å². The summed E-state index contributed by atoms with van der Waals surface area (Å²) in [7, 11) is -9.92. The van der Waals surface area contributed by atoms with E-state index in [1.54, 1.807) is 6.08 Å². The Hall–Kier alpha value is -2.60. The number of allylic oxidation sites excluding steroid dienone is 21. The molecule has 7 nitrogen and oxygen atoms in total. The van der Waals surface area contributed by atoms with Crippen LogP contribution in [0.15, 0.2) is 128 Å². The van der Waals surface area contributed by atoms with E-state index in [0.29, 0.717) is 0 Å². The van der Waals surface area contributed by atoms with Crippen LogP contribution in [0.2, 0.25) is 0 Å². The van der Waals surface area contributed by atoms with Crippen molar-refractivity contribution in [1.29, 1.82) is 0 Å². The Kier molecular flexibility index (Phi) is 35.0. The molecule has 3 N–H and O–H groups in total. The maximum absolute atomic E-state index is 11.5. The normalized spacial score (nSPS) is 15.9. The average Bonchev–Trinajstić information content (AvgIpc) is 3.16. The zero-order valence-corrected chi connectivity index (χ0v) is 44.4. The van der Waals surface area contributed by atoms with Crippen LogP contribution < -0.4 is 0 Å². The summed E-state index contributed by atoms with van der Waals surface area (Å²) in [6, 6.07) is 0. The summed E-state index contributed by atoms with van der Waals surface area (Å²) in [6.07, 6.45) is 47.2. The standard InChI is InChI=1S/C55H92O7P2/c1-45(2)23-13-24-46(3)25-14-26-47(4)27-15-28-48(5)29-16-30-49(6)31-17-32-50(7)33-18-34-51(8)35-19-36-52(9)37-20-38-53(10)39-21-40-54(11)41-22-42-55(12)43-44-61-64(59,60)62-63(56,57)58/h23,25,27,29,31,33,35,37,39,41,43H,13-22,24,26,28,30,32,34,36,38,40,42,44H2,1-12H3,(H,59,60)(H2,56,57,58)/b46-25-,47-27-,48-29-,49-31+,50-33+,51-35+,52-37+,53-39+,54-41+,55-43+. The van der Waals surface area contributed by atoms with E-state index in [1.807, 2.05) is 6.92 Å². The molecule has 0 aliphatic heterocycles. The Bertz CT molecular complexity index is 1800. The van der Waals surface area contributed by atoms with E-state index < -0.39 is 15.6 Å². The lowest BCUT2D eigenvalue weighted by Crippen LogP contribution is -1.94. The second-order valence-corrected chi connectivity index (χ2v) is 21.3. The van der Waals surface area contributed by atoms with Gasteiger partial charge in [-0.05, 0) is 212 Å². The van der Waals surface area contributed by atoms with Gasteiger partial charge in [0.25, 0.3) is 0 Å². The number of hydrogen-bond donors (Lipinski definition) is 3. The molecule has 9 heteroatoms. The molecule has 0 aliphatic rings. The van der Waals surface area contributed by atoms with Crippen molar-refractivity contribution in [3.63, 3.8) is 0 Å². The first-order chi connectivity index (χ1) is 30.1. The van der Waals surface area contributed by atoms with Crippen molar-refractivity contribution in [2.45, 2.75) is 212 Å². The fourth-order valence-electron chi connectivity index (χ4n) is 6.96. The summed E-state index contributed by atoms with van der Waals surface area (Å²) in [5.41, 5.74) is 15.6. The molecule has 0 bridgehead atoms. The highest BCUT2D eigenvalue weighted by molar-refractivity contribution is 7.60. The zero-order valence-electron chi connectivity index (χ0n) is 42.6. The molecule has 364 valence electrons. The van der Waals surface area contributed by atoms with Crippen LogP contribution in [0.3, 0.4) is 0 Å². The number of hydrogen-bond acceptors (Lipinski definition) is 4. The third-order valence-corrected chi connectivity index (χ3v) is 13.4. The summed E-state index contributed by atoms with van der Waals surface area (Å²) in [4.78, 5) is 26.7. The molecule has 0 radical (unpaired) electrons. The van der Waals surface area contributed by atoms with Crippen LogP contribution in [-0.4, -0.2) is 21.3 Å². The largest absolute Gasteiger partial charge is 0.481 e. The van der Waals surface area contributed by atoms with E-state index in [2.05, 4.69) is 146 Å². The molecule has 0 rings (SSSR count). The van der Waals surface area contributed by atoms with E-state index in [4.69, 9.17) is 9.79 Å². The van der Waals surface area contributed by atoms with Crippen LogP contribution in [0.25, 0.3) is 0 Å². The molecule has 0 fully saturated rings. The molecule has 64 heavy (non-hydrogen) atoms. The van der Waals surface area contributed by atoms with Crippen LogP contribution >= 0.6 is 15.6 Å². The van der Waals surface area contributed by atoms with Gasteiger partial charge in [-0.15, -0.1) is 0 Å². The van der Waals surface area contributed by atoms with Gasteiger partial charge < -0.3 is 14.7 Å². The van der Waals surface area contributed by atoms with Crippen LogP contribution in [0.5, 0.6) is 0 Å². The summed E-state index contributed by atoms with van der Waals surface area (Å²) in [5.74, 6) is 0. The first-order valence-electron chi connectivity index (χ1n) is 24.0. The maximum Gasteiger partial charge on any atom is 0.481 e. The Morgan fingerprint density at radius 3 is 0.703 bits per heavy atom. The minimum Gasteiger partial charge on any atom is -0.302 e. The molecule has 0 spiro atoms. The van der Waals surface area contributed by atoms with Crippen molar-refractivity contribution < 1.29 is 32.6 Å². The van der Waals surface area contributed by atoms with Gasteiger partial charge in [0.2, 0.25) is 0 Å². The van der Waals surface area contributed by atoms with Crippen LogP contribution in [0, 0.1) is 0 Å². The number of phosphoric ester groups is 1. The molecular weight excluding hydrogens is 835 g/mol. The molecule has 0 saturated heterocycles. The summed E-state index contributed by atoms with van der Waals surface area (Å²) < 4.78 is 30.6. The second-order valence-electron chi connectivity index (χ2n) is 18.5. The molecule has 0 aliphatic carbocycles. The van der Waals surface area contributed by atoms with Gasteiger partial charge in [0.05, 0.1) is 6.61 Å². The topological polar surface area (TPSA) is 113 Å². The van der Waals surface area contributed by atoms with Crippen LogP contribution in [0.4, 0.5) is 0 Å². The van der Waals surface area contributed by atoms with Crippen molar-refractivity contribution in [3.8, 4) is 0 Å². The van der Waals surface area contributed by atoms with Crippen LogP contribution in [-0.2, 0) is 18.0 Å². The lowest BCUT2D eigenvalue weighted by Gasteiger charge is -2.11. The molecule has 1 unspecified atom stereocenters. The van der Waals surface area contributed by atoms with Crippen molar-refractivity contribution in [1.82, 2.24) is 0 Å². The van der Waals surface area contributed by atoms with Gasteiger partial charge in [0, 0.05) is 0 Å². The summed E-state index contributed by atoms with van der Waals surface area (Å²) in [6.45, 7) is 26.2. The van der Waals surface area contributed by atoms with Gasteiger partial charge in [-0.1, -0.05) is 128 Å². The van der Waals surface area contributed by atoms with Crippen molar-refractivity contribution in [3.05, 3.63) is 128 Å². The van der Waals surface area contributed by atoms with Crippen molar-refractivity contribution in [2.24, 2.45) is 0 Å². The zero-order chi connectivity index (χ0) is 48.4. The van der Waals surface area contributed by atoms with Gasteiger partial charge in [0.1, 0.15) is 0 Å². The first kappa shape index (κ1) is 61.4. The molecule has 0 heterocycles. The van der Waals surface area contributed by atoms with Gasteiger partial charge in [-0.3, -0.25) is 4.52 Å². The molecule has 0 aromatic carbocycles. The van der Waals surface area contributed by atoms with Crippen molar-refractivity contribution in [2.75, 3.05) is 6.61 Å². The third-order valence-electron chi connectivity index (χ3n) is 11.3. The monoisotopic (exact) mass is 927 g/mol. The SMILES string of the molecule is CC(C)=CCC/C(C)=C\CC/C(C)=C\CC/C(C)=C\CC/C(C)=C/CC/C(C)=C/CC/C(C)=C/CC/C(C)=C/CC/C(C)=C/CC/C(C)=C/CC/C(C)=C/COP(=O)(O)OP(=O)(O)O. The molecule has 0 aromatic heterocycles. The maximum atomic E-state index is 11.5. The highest BCUT2D eigenvalue weighted by Gasteiger charge is 2.31. The number of rotatable bonds is 35. The fraction of sp³-hybridized carbons (Fsp3) is 0.600. The molecule has 0 saturated carbocycles. The highest BCUT2D eigenvalue weighted by atomic mass is 31.3. The second kappa shape index (κ2) is 36.5. The Morgan fingerprint density at radius 2 is 0.516 bits per heavy atom. The van der Waals surface area contributed by atoms with E-state index in [9.17, 15) is 14.0 Å². The molecule has 0 amide bonds. The van der Waals surface area contributed by atoms with Gasteiger partial charge in [-0.2, -0.15) is 4.31 Å². The van der Waals surface area contributed by atoms with Gasteiger partial charge in [0.15, 0.2) is 0 Å². The highest BCUT2D eigenvalue weighted by Crippen LogP contribution is 2.57. The fourth-order valence-corrected chi connectivity index (χ4v) is 8.48. The molecule has 1 atom stereocenters. The van der Waals surface area contributed by atoms with Gasteiger partial charge >= 0.3 is 15.6 Å². The van der Waals surface area contributed by atoms with Crippen molar-refractivity contribution >= 4 is 15.6 Å². The molecular formula is C55H92O7P2. The van der Waals surface area contributed by atoms with E-state index in [-0.39, 0.29) is 6.61 Å². The minimum absolute atomic E-state index is 0.274. The minimum atomic E-state index is -5.11. The smallest absolute Gasteiger partial charge is 0.302 e. The Morgan fingerprint density at radius 1 is 0.328 bits per heavy atom. The first-order valence-corrected chi connectivity index (χ1v) is 27.0. The average molecular weight is 927 g/mol. The predicted molar refractivity (Wildman–Crippen MR) is 278 cm³/mol. The van der Waals surface area contributed by atoms with E-state index in [0.717, 1.165) is 121 Å². The quantitative estimate of drug-likeness (QED) is 0.0428. The lowest BCUT2D eigenvalue weighted by molar-refractivity contribution is 0.191. The summed E-state index contributed by atoms with van der Waals surface area (Å²) in [5, 5.41) is 0. The predicted octanol–water partition coefficient (Wildman–Crippen LogP) is 18.4. The third kappa shape index (κ3) is 40.9. The van der Waals surface area contributed by atoms with Gasteiger partial charge in [-0.25, -0.2) is 9.13 Å². The number of phosphoric acid groups is 2. The Labute approximate surface area is 393 Å². The summed E-state index contributed by atoms with van der Waals surface area (Å²) >= 11 is 0. The van der Waals surface area contributed by atoms with E-state index in [1.165, 1.54) is 68.6 Å². The van der Waals surface area contributed by atoms with Crippen LogP contribution in [0.1, 0.15) is 212 Å². The lowest BCUT2D eigenvalue weighted by atomic mass is 10.0.